The number of hydrogen-bond acceptors (Lipinski definition) is 5. The highest BCUT2D eigenvalue weighted by Gasteiger charge is 2.28. The number of anilines is 2. The van der Waals surface area contributed by atoms with Crippen LogP contribution in [0.4, 0.5) is 11.4 Å². The second-order valence-electron chi connectivity index (χ2n) is 8.72. The van der Waals surface area contributed by atoms with E-state index in [-0.39, 0.29) is 28.1 Å². The number of carbonyl (C=O) groups is 2. The van der Waals surface area contributed by atoms with Crippen LogP contribution in [0.3, 0.4) is 0 Å². The molecule has 0 bridgehead atoms. The lowest BCUT2D eigenvalue weighted by atomic mass is 10.1. The molecule has 2 amide bonds. The van der Waals surface area contributed by atoms with Gasteiger partial charge in [0.25, 0.3) is 15.9 Å². The summed E-state index contributed by atoms with van der Waals surface area (Å²) in [4.78, 5) is 26.3. The van der Waals surface area contributed by atoms with Gasteiger partial charge in [-0.1, -0.05) is 60.7 Å². The van der Waals surface area contributed by atoms with Crippen LogP contribution in [0, 0.1) is 0 Å². The van der Waals surface area contributed by atoms with Crippen molar-refractivity contribution in [1.82, 2.24) is 5.32 Å². The van der Waals surface area contributed by atoms with Crippen molar-refractivity contribution in [2.75, 3.05) is 23.3 Å². The van der Waals surface area contributed by atoms with E-state index in [0.29, 0.717) is 11.4 Å². The molecule has 39 heavy (non-hydrogen) atoms. The number of nitrogens with one attached hydrogen (secondary N) is 2. The number of benzene rings is 4. The molecule has 0 aliphatic carbocycles. The smallest absolute Gasteiger partial charge is 0.264 e. The van der Waals surface area contributed by atoms with Crippen LogP contribution in [0.1, 0.15) is 28.9 Å². The molecule has 0 fully saturated rings. The van der Waals surface area contributed by atoms with Crippen LogP contribution in [0.5, 0.6) is 5.75 Å². The largest absolute Gasteiger partial charge is 0.497 e. The quantitative estimate of drug-likeness (QED) is 0.292. The van der Waals surface area contributed by atoms with E-state index in [1.807, 2.05) is 37.3 Å². The molecule has 0 saturated carbocycles. The standard InChI is InChI=1S/C30H29N3O5S/c1-22(23-11-5-3-6-12-23)31-30(35)27-15-9-10-16-28(27)32-29(34)21-33(24-13-7-4-8-14-24)39(36,37)26-19-17-25(38-2)18-20-26/h3-20,22H,21H2,1-2H3,(H,31,35)(H,32,34)/t22-/m1/s1. The predicted octanol–water partition coefficient (Wildman–Crippen LogP) is 5.02. The molecule has 9 heteroatoms. The van der Waals surface area contributed by atoms with E-state index in [1.165, 1.54) is 19.2 Å². The van der Waals surface area contributed by atoms with Crippen molar-refractivity contribution >= 4 is 33.2 Å². The van der Waals surface area contributed by atoms with Crippen molar-refractivity contribution in [2.45, 2.75) is 17.9 Å². The van der Waals surface area contributed by atoms with Crippen molar-refractivity contribution in [3.8, 4) is 5.75 Å². The molecule has 200 valence electrons. The van der Waals surface area contributed by atoms with E-state index in [0.717, 1.165) is 9.87 Å². The number of rotatable bonds is 10. The zero-order chi connectivity index (χ0) is 27.8. The Morgan fingerprint density at radius 3 is 2.05 bits per heavy atom. The average Bonchev–Trinajstić information content (AvgIpc) is 2.97. The zero-order valence-electron chi connectivity index (χ0n) is 21.6. The summed E-state index contributed by atoms with van der Waals surface area (Å²) in [6, 6.07) is 30.2. The topological polar surface area (TPSA) is 105 Å². The third-order valence-corrected chi connectivity index (χ3v) is 7.86. The molecule has 0 heterocycles. The Morgan fingerprint density at radius 1 is 0.821 bits per heavy atom. The normalized spacial score (nSPS) is 11.7. The lowest BCUT2D eigenvalue weighted by Crippen LogP contribution is -2.38. The predicted molar refractivity (Wildman–Crippen MR) is 151 cm³/mol. The van der Waals surface area contributed by atoms with Gasteiger partial charge in [-0.15, -0.1) is 0 Å². The van der Waals surface area contributed by atoms with E-state index in [2.05, 4.69) is 10.6 Å². The van der Waals surface area contributed by atoms with Gasteiger partial charge in [0, 0.05) is 0 Å². The number of ether oxygens (including phenoxy) is 1. The fraction of sp³-hybridized carbons (Fsp3) is 0.133. The Bertz CT molecular complexity index is 1530. The van der Waals surface area contributed by atoms with Gasteiger partial charge in [-0.3, -0.25) is 13.9 Å². The Morgan fingerprint density at radius 2 is 1.41 bits per heavy atom. The van der Waals surface area contributed by atoms with Gasteiger partial charge < -0.3 is 15.4 Å². The zero-order valence-corrected chi connectivity index (χ0v) is 22.4. The summed E-state index contributed by atoms with van der Waals surface area (Å²) in [6.07, 6.45) is 0. The molecule has 0 aliphatic heterocycles. The maximum atomic E-state index is 13.6. The van der Waals surface area contributed by atoms with Gasteiger partial charge in [-0.25, -0.2) is 8.42 Å². The molecule has 4 rings (SSSR count). The molecule has 0 unspecified atom stereocenters. The van der Waals surface area contributed by atoms with Gasteiger partial charge in [0.2, 0.25) is 5.91 Å². The summed E-state index contributed by atoms with van der Waals surface area (Å²) >= 11 is 0. The minimum Gasteiger partial charge on any atom is -0.497 e. The Balaban J connectivity index is 1.56. The van der Waals surface area contributed by atoms with Crippen molar-refractivity contribution in [3.63, 3.8) is 0 Å². The monoisotopic (exact) mass is 543 g/mol. The molecule has 0 aliphatic rings. The molecule has 0 aromatic heterocycles. The first-order valence-corrected chi connectivity index (χ1v) is 13.7. The van der Waals surface area contributed by atoms with E-state index in [1.54, 1.807) is 66.7 Å². The average molecular weight is 544 g/mol. The van der Waals surface area contributed by atoms with Crippen LogP contribution in [0.15, 0.2) is 114 Å². The summed E-state index contributed by atoms with van der Waals surface area (Å²) in [6.45, 7) is 1.37. The van der Waals surface area contributed by atoms with Crippen molar-refractivity contribution in [3.05, 3.63) is 120 Å². The van der Waals surface area contributed by atoms with Gasteiger partial charge in [-0.2, -0.15) is 0 Å². The highest BCUT2D eigenvalue weighted by Crippen LogP contribution is 2.25. The second-order valence-corrected chi connectivity index (χ2v) is 10.6. The minimum atomic E-state index is -4.10. The Labute approximate surface area is 228 Å². The van der Waals surface area contributed by atoms with E-state index in [9.17, 15) is 18.0 Å². The summed E-state index contributed by atoms with van der Waals surface area (Å²) < 4.78 is 33.3. The van der Waals surface area contributed by atoms with Gasteiger partial charge in [0.15, 0.2) is 0 Å². The summed E-state index contributed by atoms with van der Waals surface area (Å²) in [5.74, 6) is -0.463. The maximum absolute atomic E-state index is 13.6. The number of amides is 2. The summed E-state index contributed by atoms with van der Waals surface area (Å²) in [5, 5.41) is 5.66. The van der Waals surface area contributed by atoms with E-state index in [4.69, 9.17) is 4.74 Å². The molecule has 4 aromatic carbocycles. The van der Waals surface area contributed by atoms with Gasteiger partial charge >= 0.3 is 0 Å². The van der Waals surface area contributed by atoms with Crippen LogP contribution in [-0.2, 0) is 14.8 Å². The second kappa shape index (κ2) is 12.3. The number of nitrogens with zero attached hydrogens (tertiary/aromatic N) is 1. The van der Waals surface area contributed by atoms with Crippen molar-refractivity contribution in [1.29, 1.82) is 0 Å². The molecule has 0 spiro atoms. The number of sulfonamides is 1. The third-order valence-electron chi connectivity index (χ3n) is 6.07. The molecule has 0 saturated heterocycles. The van der Waals surface area contributed by atoms with E-state index < -0.39 is 22.5 Å². The fourth-order valence-corrected chi connectivity index (χ4v) is 5.41. The molecule has 0 radical (unpaired) electrons. The van der Waals surface area contributed by atoms with E-state index >= 15 is 0 Å². The molecular weight excluding hydrogens is 514 g/mol. The number of carbonyl (C=O) groups excluding carboxylic acids is 2. The maximum Gasteiger partial charge on any atom is 0.264 e. The molecule has 2 N–H and O–H groups in total. The fourth-order valence-electron chi connectivity index (χ4n) is 3.99. The van der Waals surface area contributed by atoms with Crippen molar-refractivity contribution < 1.29 is 22.7 Å². The van der Waals surface area contributed by atoms with Crippen LogP contribution in [0.2, 0.25) is 0 Å². The lowest BCUT2D eigenvalue weighted by molar-refractivity contribution is -0.114. The number of para-hydroxylation sites is 2. The lowest BCUT2D eigenvalue weighted by Gasteiger charge is -2.24. The molecule has 4 aromatic rings. The minimum absolute atomic E-state index is 0.00892. The first-order valence-electron chi connectivity index (χ1n) is 12.3. The van der Waals surface area contributed by atoms with Gasteiger partial charge in [0.05, 0.1) is 35.0 Å². The Hall–Kier alpha value is -4.63. The highest BCUT2D eigenvalue weighted by atomic mass is 32.2. The van der Waals surface area contributed by atoms with Crippen molar-refractivity contribution in [2.24, 2.45) is 0 Å². The first-order chi connectivity index (χ1) is 18.8. The molecule has 1 atom stereocenters. The van der Waals surface area contributed by atoms with Gasteiger partial charge in [0.1, 0.15) is 12.3 Å². The van der Waals surface area contributed by atoms with Crippen LogP contribution < -0.4 is 19.7 Å². The highest BCUT2D eigenvalue weighted by molar-refractivity contribution is 7.92. The number of methoxy groups -OCH3 is 1. The summed E-state index contributed by atoms with van der Waals surface area (Å²) in [7, 11) is -2.61. The molecule has 8 nitrogen and oxygen atoms in total. The SMILES string of the molecule is COc1ccc(S(=O)(=O)N(CC(=O)Nc2ccccc2C(=O)N[C@H](C)c2ccccc2)c2ccccc2)cc1. The van der Waals surface area contributed by atoms with Crippen LogP contribution >= 0.6 is 0 Å². The van der Waals surface area contributed by atoms with Crippen LogP contribution in [0.25, 0.3) is 0 Å². The molecular formula is C30H29N3O5S. The van der Waals surface area contributed by atoms with Gasteiger partial charge in [-0.05, 0) is 61.0 Å². The Kier molecular flexibility index (Phi) is 8.63. The summed E-state index contributed by atoms with van der Waals surface area (Å²) in [5.41, 5.74) is 1.80. The van der Waals surface area contributed by atoms with Crippen LogP contribution in [-0.4, -0.2) is 33.9 Å². The number of hydrogen-bond donors (Lipinski definition) is 2. The first kappa shape index (κ1) is 27.4. The third kappa shape index (κ3) is 6.63.